The monoisotopic (exact) mass is 576 g/mol. The molecule has 1 N–H and O–H groups in total. The molecule has 0 unspecified atom stereocenters. The number of esters is 3. The number of aliphatic hydroxyl groups excluding tert-OH is 1. The van der Waals surface area contributed by atoms with Crippen molar-refractivity contribution in [1.82, 2.24) is 0 Å². The molecule has 9 heteroatoms. The highest BCUT2D eigenvalue weighted by Crippen LogP contribution is 2.33. The van der Waals surface area contributed by atoms with Crippen molar-refractivity contribution in [3.8, 4) is 0 Å². The summed E-state index contributed by atoms with van der Waals surface area (Å²) in [6.07, 6.45) is -4.85. The molecule has 1 aliphatic rings. The predicted octanol–water partition coefficient (Wildman–Crippen LogP) is 5.15. The summed E-state index contributed by atoms with van der Waals surface area (Å²) in [5.41, 5.74) is 0.863. The molecule has 0 radical (unpaired) electrons. The summed E-state index contributed by atoms with van der Waals surface area (Å²) in [6, 6.07) is 26.0. The summed E-state index contributed by atoms with van der Waals surface area (Å²) < 4.78 is 24.1. The topological polar surface area (TPSA) is 108 Å². The lowest BCUT2D eigenvalue weighted by Crippen LogP contribution is -2.62. The largest absolute Gasteiger partial charge is 0.452 e. The molecule has 3 aromatic rings. The number of ether oxygens (including phenoxy) is 4. The van der Waals surface area contributed by atoms with E-state index in [1.54, 1.807) is 91.0 Å². The fourth-order valence-electron chi connectivity index (χ4n) is 4.66. The molecule has 0 spiro atoms. The standard InChI is InChI=1S/C32H36O8Si/c1-41(2,3)20-19-25-27(38-30(34)22-13-7-4-8-14-22)29(40-32(36)24-17-11-6-12-18-24)28(26(21-33)37-25)39-31(35)23-15-9-5-10-16-23/h4-18,25-29,33H,19-21H2,1-3H3/t25-,26+,27-,28-,29+/m0/s1. The van der Waals surface area contributed by atoms with Gasteiger partial charge in [-0.25, -0.2) is 14.4 Å². The van der Waals surface area contributed by atoms with E-state index >= 15 is 0 Å². The molecule has 3 aromatic carbocycles. The van der Waals surface area contributed by atoms with Gasteiger partial charge in [0, 0.05) is 8.07 Å². The fraction of sp³-hybridized carbons (Fsp3) is 0.344. The van der Waals surface area contributed by atoms with Gasteiger partial charge in [-0.15, -0.1) is 0 Å². The van der Waals surface area contributed by atoms with E-state index in [1.165, 1.54) is 0 Å². The number of carbonyl (C=O) groups excluding carboxylic acids is 3. The Bertz CT molecular complexity index is 1290. The van der Waals surface area contributed by atoms with Crippen LogP contribution in [-0.4, -0.2) is 68.2 Å². The molecule has 0 bridgehead atoms. The number of carbonyl (C=O) groups is 3. The molecule has 4 rings (SSSR count). The average molecular weight is 577 g/mol. The quantitative estimate of drug-likeness (QED) is 0.201. The van der Waals surface area contributed by atoms with Gasteiger partial charge in [0.25, 0.3) is 0 Å². The van der Waals surface area contributed by atoms with Crippen LogP contribution in [-0.2, 0) is 18.9 Å². The molecule has 1 saturated heterocycles. The van der Waals surface area contributed by atoms with E-state index in [0.717, 1.165) is 6.04 Å². The molecular weight excluding hydrogens is 540 g/mol. The Morgan fingerprint density at radius 3 is 1.37 bits per heavy atom. The third kappa shape index (κ3) is 8.13. The lowest BCUT2D eigenvalue weighted by molar-refractivity contribution is -0.229. The van der Waals surface area contributed by atoms with Crippen LogP contribution >= 0.6 is 0 Å². The van der Waals surface area contributed by atoms with Gasteiger partial charge in [0.05, 0.1) is 29.4 Å². The number of hydrogen-bond donors (Lipinski definition) is 1. The van der Waals surface area contributed by atoms with E-state index in [1.807, 2.05) is 0 Å². The van der Waals surface area contributed by atoms with Crippen molar-refractivity contribution >= 4 is 26.0 Å². The fourth-order valence-corrected chi connectivity index (χ4v) is 5.81. The maximum absolute atomic E-state index is 13.3. The summed E-state index contributed by atoms with van der Waals surface area (Å²) in [7, 11) is -1.58. The minimum absolute atomic E-state index is 0.274. The lowest BCUT2D eigenvalue weighted by atomic mass is 9.92. The number of rotatable bonds is 10. The first kappa shape index (κ1) is 30.2. The first-order valence-corrected chi connectivity index (χ1v) is 17.4. The third-order valence-corrected chi connectivity index (χ3v) is 8.64. The van der Waals surface area contributed by atoms with Crippen LogP contribution in [0.1, 0.15) is 37.5 Å². The molecule has 1 aliphatic heterocycles. The van der Waals surface area contributed by atoms with E-state index in [2.05, 4.69) is 19.6 Å². The lowest BCUT2D eigenvalue weighted by Gasteiger charge is -2.45. The summed E-state index contributed by atoms with van der Waals surface area (Å²) >= 11 is 0. The molecule has 1 fully saturated rings. The molecule has 41 heavy (non-hydrogen) atoms. The normalized spacial score (nSPS) is 22.4. The van der Waals surface area contributed by atoms with Crippen LogP contribution in [0.2, 0.25) is 25.7 Å². The van der Waals surface area contributed by atoms with Crippen LogP contribution in [0.4, 0.5) is 0 Å². The zero-order valence-electron chi connectivity index (χ0n) is 23.5. The van der Waals surface area contributed by atoms with Crippen LogP contribution in [0.15, 0.2) is 91.0 Å². The van der Waals surface area contributed by atoms with Crippen molar-refractivity contribution in [3.05, 3.63) is 108 Å². The van der Waals surface area contributed by atoms with E-state index in [9.17, 15) is 19.5 Å². The van der Waals surface area contributed by atoms with Gasteiger partial charge in [-0.2, -0.15) is 0 Å². The Balaban J connectivity index is 1.73. The van der Waals surface area contributed by atoms with Crippen molar-refractivity contribution < 1.29 is 38.4 Å². The number of aliphatic hydroxyl groups is 1. The third-order valence-electron chi connectivity index (χ3n) is 6.85. The first-order chi connectivity index (χ1) is 19.7. The second-order valence-corrected chi connectivity index (χ2v) is 16.8. The van der Waals surface area contributed by atoms with Gasteiger partial charge in [-0.1, -0.05) is 80.3 Å². The molecule has 8 nitrogen and oxygen atoms in total. The van der Waals surface area contributed by atoms with Crippen molar-refractivity contribution in [2.24, 2.45) is 0 Å². The van der Waals surface area contributed by atoms with E-state index in [4.69, 9.17) is 18.9 Å². The Morgan fingerprint density at radius 1 is 0.634 bits per heavy atom. The van der Waals surface area contributed by atoms with Gasteiger partial charge in [0.1, 0.15) is 6.10 Å². The van der Waals surface area contributed by atoms with Crippen molar-refractivity contribution in [1.29, 1.82) is 0 Å². The molecule has 0 saturated carbocycles. The van der Waals surface area contributed by atoms with Gasteiger partial charge in [-0.05, 0) is 42.8 Å². The van der Waals surface area contributed by atoms with Crippen molar-refractivity contribution in [2.45, 2.75) is 62.6 Å². The second-order valence-electron chi connectivity index (χ2n) is 11.2. The molecule has 5 atom stereocenters. The highest BCUT2D eigenvalue weighted by atomic mass is 28.3. The number of hydrogen-bond acceptors (Lipinski definition) is 8. The second kappa shape index (κ2) is 13.7. The Morgan fingerprint density at radius 2 is 1.00 bits per heavy atom. The molecule has 0 aliphatic carbocycles. The van der Waals surface area contributed by atoms with Crippen LogP contribution < -0.4 is 0 Å². The Labute approximate surface area is 241 Å². The molecule has 1 heterocycles. The van der Waals surface area contributed by atoms with E-state index < -0.39 is 63.1 Å². The minimum atomic E-state index is -1.58. The Kier molecular flexibility index (Phi) is 10.1. The highest BCUT2D eigenvalue weighted by Gasteiger charge is 2.52. The summed E-state index contributed by atoms with van der Waals surface area (Å²) in [5.74, 6) is -2.00. The van der Waals surface area contributed by atoms with E-state index in [-0.39, 0.29) is 11.1 Å². The zero-order chi connectivity index (χ0) is 29.4. The average Bonchev–Trinajstić information content (AvgIpc) is 2.98. The summed E-state index contributed by atoms with van der Waals surface area (Å²) in [4.78, 5) is 39.8. The van der Waals surface area contributed by atoms with E-state index in [0.29, 0.717) is 12.0 Å². The summed E-state index contributed by atoms with van der Waals surface area (Å²) in [5, 5.41) is 10.4. The summed E-state index contributed by atoms with van der Waals surface area (Å²) in [6.45, 7) is 6.12. The SMILES string of the molecule is C[Si](C)(C)CC[C@@H]1O[C@H](CO)[C@H](OC(=O)c2ccccc2)[C@H](OC(=O)c2ccccc2)[C@H]1OC(=O)c1ccccc1. The van der Waals surface area contributed by atoms with Gasteiger partial charge >= 0.3 is 17.9 Å². The van der Waals surface area contributed by atoms with Gasteiger partial charge in [0.15, 0.2) is 18.3 Å². The van der Waals surface area contributed by atoms with Gasteiger partial charge < -0.3 is 24.1 Å². The van der Waals surface area contributed by atoms with Crippen LogP contribution in [0.25, 0.3) is 0 Å². The van der Waals surface area contributed by atoms with Gasteiger partial charge in [-0.3, -0.25) is 0 Å². The molecule has 0 amide bonds. The minimum Gasteiger partial charge on any atom is -0.452 e. The molecule has 0 aromatic heterocycles. The maximum Gasteiger partial charge on any atom is 0.338 e. The smallest absolute Gasteiger partial charge is 0.338 e. The maximum atomic E-state index is 13.3. The first-order valence-electron chi connectivity index (χ1n) is 13.7. The van der Waals surface area contributed by atoms with Crippen LogP contribution in [0.3, 0.4) is 0 Å². The van der Waals surface area contributed by atoms with Crippen molar-refractivity contribution in [3.63, 3.8) is 0 Å². The Hall–Kier alpha value is -3.79. The van der Waals surface area contributed by atoms with Crippen molar-refractivity contribution in [2.75, 3.05) is 6.61 Å². The number of benzene rings is 3. The van der Waals surface area contributed by atoms with Crippen LogP contribution in [0, 0.1) is 0 Å². The zero-order valence-corrected chi connectivity index (χ0v) is 24.5. The van der Waals surface area contributed by atoms with Gasteiger partial charge in [0.2, 0.25) is 0 Å². The molecule has 216 valence electrons. The molecular formula is C32H36O8Si. The van der Waals surface area contributed by atoms with Crippen LogP contribution in [0.5, 0.6) is 0 Å². The predicted molar refractivity (Wildman–Crippen MR) is 155 cm³/mol. The highest BCUT2D eigenvalue weighted by molar-refractivity contribution is 6.76.